The Morgan fingerprint density at radius 3 is 2.76 bits per heavy atom. The van der Waals surface area contributed by atoms with Crippen molar-refractivity contribution in [3.05, 3.63) is 29.6 Å². The Bertz CT molecular complexity index is 650. The van der Waals surface area contributed by atoms with Crippen molar-refractivity contribution in [3.63, 3.8) is 0 Å². The number of aliphatic imine (C=N–C) groups is 1. The molecule has 2 rings (SSSR count). The zero-order chi connectivity index (χ0) is 15.8. The lowest BCUT2D eigenvalue weighted by molar-refractivity contribution is -0.132. The summed E-state index contributed by atoms with van der Waals surface area (Å²) in [5.41, 5.74) is 4.24. The Kier molecular flexibility index (Phi) is 3.70. The zero-order valence-electron chi connectivity index (χ0n) is 11.2. The molecule has 0 saturated carbocycles. The van der Waals surface area contributed by atoms with Crippen LogP contribution in [-0.4, -0.2) is 33.8 Å². The molecule has 0 spiro atoms. The van der Waals surface area contributed by atoms with Gasteiger partial charge in [-0.25, -0.2) is 0 Å². The summed E-state index contributed by atoms with van der Waals surface area (Å²) in [6, 6.07) is 1.94. The molecule has 0 radical (unpaired) electrons. The van der Waals surface area contributed by atoms with Gasteiger partial charge in [0.1, 0.15) is 5.69 Å². The minimum atomic E-state index is -3.54. The number of amides is 2. The van der Waals surface area contributed by atoms with Crippen molar-refractivity contribution in [1.82, 2.24) is 10.3 Å². The summed E-state index contributed by atoms with van der Waals surface area (Å²) in [7, 11) is 1.39. The lowest BCUT2D eigenvalue weighted by Gasteiger charge is -2.30. The van der Waals surface area contributed by atoms with Crippen molar-refractivity contribution < 1.29 is 18.4 Å². The van der Waals surface area contributed by atoms with Gasteiger partial charge in [0.15, 0.2) is 9.91 Å². The molecule has 6 nitrogen and oxygen atoms in total. The van der Waals surface area contributed by atoms with Gasteiger partial charge in [0.05, 0.1) is 0 Å². The quantitative estimate of drug-likeness (QED) is 0.865. The molecule has 1 saturated heterocycles. The highest BCUT2D eigenvalue weighted by molar-refractivity contribution is 8.16. The van der Waals surface area contributed by atoms with Crippen LogP contribution in [0.15, 0.2) is 23.3 Å². The van der Waals surface area contributed by atoms with E-state index in [1.165, 1.54) is 7.05 Å². The van der Waals surface area contributed by atoms with Crippen molar-refractivity contribution in [2.24, 2.45) is 10.7 Å². The van der Waals surface area contributed by atoms with E-state index >= 15 is 0 Å². The third-order valence-corrected chi connectivity index (χ3v) is 4.46. The summed E-state index contributed by atoms with van der Waals surface area (Å²) in [5, 5.41) is 2.41. The molecule has 2 amide bonds. The van der Waals surface area contributed by atoms with Gasteiger partial charge in [-0.1, -0.05) is 11.8 Å². The van der Waals surface area contributed by atoms with Crippen LogP contribution in [0.5, 0.6) is 0 Å². The molecule has 1 fully saturated rings. The zero-order valence-corrected chi connectivity index (χ0v) is 12.0. The van der Waals surface area contributed by atoms with Crippen molar-refractivity contribution >= 4 is 28.7 Å². The van der Waals surface area contributed by atoms with Crippen molar-refractivity contribution in [2.45, 2.75) is 17.6 Å². The van der Waals surface area contributed by atoms with Crippen molar-refractivity contribution in [1.29, 1.82) is 0 Å². The maximum Gasteiger partial charge on any atom is 0.296 e. The Morgan fingerprint density at radius 1 is 1.57 bits per heavy atom. The highest BCUT2D eigenvalue weighted by Gasteiger charge is 2.61. The number of halogens is 2. The van der Waals surface area contributed by atoms with Crippen molar-refractivity contribution in [2.75, 3.05) is 7.05 Å². The first-order valence-corrected chi connectivity index (χ1v) is 6.65. The second-order valence-electron chi connectivity index (χ2n) is 4.49. The van der Waals surface area contributed by atoms with Gasteiger partial charge in [-0.15, -0.1) is 0 Å². The Balaban J connectivity index is 2.49. The number of pyridine rings is 1. The number of amidine groups is 1. The van der Waals surface area contributed by atoms with Gasteiger partial charge in [0.2, 0.25) is 5.91 Å². The molecule has 2 heterocycles. The smallest absolute Gasteiger partial charge is 0.296 e. The Morgan fingerprint density at radius 2 is 2.24 bits per heavy atom. The molecule has 0 aromatic carbocycles. The molecule has 9 heteroatoms. The molecule has 1 aliphatic rings. The van der Waals surface area contributed by atoms with E-state index in [0.29, 0.717) is 11.8 Å². The molecular weight excluding hydrogens is 302 g/mol. The van der Waals surface area contributed by atoms with E-state index in [0.717, 1.165) is 25.3 Å². The minimum Gasteiger partial charge on any atom is -0.364 e. The molecule has 112 valence electrons. The van der Waals surface area contributed by atoms with E-state index in [9.17, 15) is 18.4 Å². The molecule has 3 N–H and O–H groups in total. The summed E-state index contributed by atoms with van der Waals surface area (Å²) in [4.78, 5) is 30.3. The third kappa shape index (κ3) is 2.37. The Labute approximate surface area is 123 Å². The number of hydrogen-bond donors (Lipinski definition) is 2. The summed E-state index contributed by atoms with van der Waals surface area (Å²) in [6.07, 6.45) is 1.05. The van der Waals surface area contributed by atoms with Crippen LogP contribution in [0.25, 0.3) is 0 Å². The molecule has 1 atom stereocenters. The predicted octanol–water partition coefficient (Wildman–Crippen LogP) is 0.880. The number of hydrogen-bond acceptors (Lipinski definition) is 5. The normalized spacial score (nSPS) is 24.2. The summed E-state index contributed by atoms with van der Waals surface area (Å²) in [5.74, 6) is -5.31. The summed E-state index contributed by atoms with van der Waals surface area (Å²) >= 11 is 0.640. The van der Waals surface area contributed by atoms with E-state index in [1.807, 2.05) is 0 Å². The van der Waals surface area contributed by atoms with Gasteiger partial charge >= 0.3 is 0 Å². The van der Waals surface area contributed by atoms with E-state index < -0.39 is 28.0 Å². The van der Waals surface area contributed by atoms with Crippen LogP contribution in [0.2, 0.25) is 0 Å². The predicted molar refractivity (Wildman–Crippen MR) is 74.1 cm³/mol. The van der Waals surface area contributed by atoms with Crippen LogP contribution in [0, 0.1) is 0 Å². The van der Waals surface area contributed by atoms with E-state index in [4.69, 9.17) is 5.73 Å². The fourth-order valence-corrected chi connectivity index (χ4v) is 2.84. The van der Waals surface area contributed by atoms with Gasteiger partial charge in [-0.3, -0.25) is 19.6 Å². The molecule has 1 aliphatic heterocycles. The number of thioether (sulfide) groups is 1. The number of aromatic nitrogens is 1. The fraction of sp³-hybridized carbons (Fsp3) is 0.333. The second-order valence-corrected chi connectivity index (χ2v) is 5.89. The minimum absolute atomic E-state index is 0.117. The molecule has 1 unspecified atom stereocenters. The third-order valence-electron chi connectivity index (χ3n) is 3.13. The topological polar surface area (TPSA) is 97.4 Å². The highest BCUT2D eigenvalue weighted by atomic mass is 32.2. The fourth-order valence-electron chi connectivity index (χ4n) is 1.83. The second kappa shape index (κ2) is 5.06. The molecular formula is C12H12F2N4O2S. The maximum absolute atomic E-state index is 14.7. The lowest BCUT2D eigenvalue weighted by Crippen LogP contribution is -2.47. The van der Waals surface area contributed by atoms with Gasteiger partial charge < -0.3 is 11.1 Å². The average molecular weight is 314 g/mol. The van der Waals surface area contributed by atoms with Gasteiger partial charge in [-0.05, 0) is 19.1 Å². The van der Waals surface area contributed by atoms with Gasteiger partial charge in [0.25, 0.3) is 11.8 Å². The monoisotopic (exact) mass is 314 g/mol. The molecule has 0 aliphatic carbocycles. The number of nitrogens with one attached hydrogen (secondary N) is 1. The number of nitrogens with zero attached hydrogens (tertiary/aromatic N) is 2. The standard InChI is InChI=1S/C12H12F2N4O2S/c1-11(9(20)18-10(16-2)21-11)12(13,14)6-3-4-17-7(5-6)8(15)19/h3-5H,1-2H3,(H2,15,19)(H,16,18,20). The number of rotatable bonds is 3. The largest absolute Gasteiger partial charge is 0.364 e. The number of alkyl halides is 2. The molecule has 21 heavy (non-hydrogen) atoms. The molecule has 0 bridgehead atoms. The van der Waals surface area contributed by atoms with Crippen LogP contribution in [0.3, 0.4) is 0 Å². The lowest BCUT2D eigenvalue weighted by atomic mass is 9.94. The summed E-state index contributed by atoms with van der Waals surface area (Å²) in [6.45, 7) is 1.12. The molecule has 1 aromatic heterocycles. The highest BCUT2D eigenvalue weighted by Crippen LogP contribution is 2.50. The first kappa shape index (κ1) is 15.4. The van der Waals surface area contributed by atoms with Crippen LogP contribution in [0.1, 0.15) is 23.0 Å². The number of carbonyl (C=O) groups is 2. The first-order valence-electron chi connectivity index (χ1n) is 5.84. The first-order chi connectivity index (χ1) is 9.72. The van der Waals surface area contributed by atoms with E-state index in [2.05, 4.69) is 15.3 Å². The van der Waals surface area contributed by atoms with E-state index in [1.54, 1.807) is 0 Å². The average Bonchev–Trinajstić information content (AvgIpc) is 2.76. The van der Waals surface area contributed by atoms with Crippen LogP contribution < -0.4 is 11.1 Å². The van der Waals surface area contributed by atoms with Gasteiger partial charge in [-0.2, -0.15) is 8.78 Å². The number of primary amides is 1. The number of carbonyl (C=O) groups excluding carboxylic acids is 2. The van der Waals surface area contributed by atoms with Crippen LogP contribution in [-0.2, 0) is 10.7 Å². The summed E-state index contributed by atoms with van der Waals surface area (Å²) < 4.78 is 27.4. The van der Waals surface area contributed by atoms with Crippen LogP contribution in [0.4, 0.5) is 8.78 Å². The van der Waals surface area contributed by atoms with Crippen molar-refractivity contribution in [3.8, 4) is 0 Å². The Hall–Kier alpha value is -2.03. The maximum atomic E-state index is 14.7. The molecule has 1 aromatic rings. The van der Waals surface area contributed by atoms with Gasteiger partial charge in [0, 0.05) is 18.8 Å². The van der Waals surface area contributed by atoms with E-state index in [-0.39, 0.29) is 10.9 Å². The number of nitrogens with two attached hydrogens (primary N) is 1. The SMILES string of the molecule is CN=C1NC(=O)C(C)(C(F)(F)c2ccnc(C(N)=O)c2)S1. The van der Waals surface area contributed by atoms with Crippen LogP contribution >= 0.6 is 11.8 Å².